The van der Waals surface area contributed by atoms with Gasteiger partial charge in [-0.05, 0) is 25.3 Å². The molecule has 1 atom stereocenters. The first-order valence-electron chi connectivity index (χ1n) is 7.17. The average Bonchev–Trinajstić information content (AvgIpc) is 3.13. The van der Waals surface area contributed by atoms with Gasteiger partial charge < -0.3 is 14.1 Å². The van der Waals surface area contributed by atoms with Crippen LogP contribution in [0.25, 0.3) is 11.3 Å². The number of ether oxygens (including phenoxy) is 1. The zero-order valence-electron chi connectivity index (χ0n) is 12.0. The van der Waals surface area contributed by atoms with Crippen LogP contribution in [0.15, 0.2) is 29.2 Å². The minimum absolute atomic E-state index is 0.0108. The third kappa shape index (κ3) is 2.85. The van der Waals surface area contributed by atoms with Crippen molar-refractivity contribution >= 4 is 5.91 Å². The van der Waals surface area contributed by atoms with Gasteiger partial charge in [0.25, 0.3) is 5.91 Å². The molecule has 1 amide bonds. The van der Waals surface area contributed by atoms with E-state index in [0.717, 1.165) is 31.4 Å². The van der Waals surface area contributed by atoms with Crippen LogP contribution in [0, 0.1) is 0 Å². The first-order valence-corrected chi connectivity index (χ1v) is 7.17. The van der Waals surface area contributed by atoms with Gasteiger partial charge in [0.1, 0.15) is 0 Å². The maximum absolute atomic E-state index is 12.7. The summed E-state index contributed by atoms with van der Waals surface area (Å²) in [6, 6.07) is 1.81. The Labute approximate surface area is 123 Å². The molecule has 21 heavy (non-hydrogen) atoms. The van der Waals surface area contributed by atoms with Crippen molar-refractivity contribution in [3.05, 3.63) is 30.4 Å². The van der Waals surface area contributed by atoms with Crippen molar-refractivity contribution in [2.24, 2.45) is 0 Å². The van der Waals surface area contributed by atoms with E-state index in [4.69, 9.17) is 9.15 Å². The number of aromatic nitrogens is 2. The number of likely N-dealkylation sites (tertiary alicyclic amines) is 1. The van der Waals surface area contributed by atoms with Crippen LogP contribution >= 0.6 is 0 Å². The molecule has 1 N–H and O–H groups in total. The number of aromatic amines is 1. The third-order valence-electron chi connectivity index (χ3n) is 3.98. The maximum Gasteiger partial charge on any atom is 0.257 e. The smallest absolute Gasteiger partial charge is 0.257 e. The van der Waals surface area contributed by atoms with Crippen molar-refractivity contribution in [3.8, 4) is 11.3 Å². The van der Waals surface area contributed by atoms with E-state index >= 15 is 0 Å². The molecule has 0 aliphatic carbocycles. The second-order valence-corrected chi connectivity index (χ2v) is 5.25. The van der Waals surface area contributed by atoms with Crippen molar-refractivity contribution in [3.63, 3.8) is 0 Å². The number of rotatable bonds is 3. The molecule has 0 saturated carbocycles. The third-order valence-corrected chi connectivity index (χ3v) is 3.98. The zero-order chi connectivity index (χ0) is 14.7. The second-order valence-electron chi connectivity index (χ2n) is 5.25. The van der Waals surface area contributed by atoms with Gasteiger partial charge in [-0.2, -0.15) is 5.10 Å². The first-order chi connectivity index (χ1) is 10.3. The van der Waals surface area contributed by atoms with Gasteiger partial charge in [0.2, 0.25) is 0 Å². The molecule has 112 valence electrons. The number of nitrogens with one attached hydrogen (secondary N) is 1. The van der Waals surface area contributed by atoms with Gasteiger partial charge in [0.05, 0.1) is 36.1 Å². The molecule has 1 fully saturated rings. The number of carbonyl (C=O) groups is 1. The molecular formula is C15H19N3O3. The Balaban J connectivity index is 1.78. The van der Waals surface area contributed by atoms with E-state index in [1.807, 2.05) is 11.0 Å². The lowest BCUT2D eigenvalue weighted by atomic mass is 10.1. The number of nitrogens with zero attached hydrogens (tertiary/aromatic N) is 2. The summed E-state index contributed by atoms with van der Waals surface area (Å²) in [5.74, 6) is 0.0108. The Morgan fingerprint density at radius 2 is 2.38 bits per heavy atom. The van der Waals surface area contributed by atoms with Gasteiger partial charge in [-0.3, -0.25) is 9.89 Å². The van der Waals surface area contributed by atoms with Gasteiger partial charge in [-0.1, -0.05) is 0 Å². The fourth-order valence-corrected chi connectivity index (χ4v) is 2.75. The van der Waals surface area contributed by atoms with Crippen LogP contribution in [-0.4, -0.2) is 47.3 Å². The van der Waals surface area contributed by atoms with Crippen LogP contribution in [-0.2, 0) is 4.74 Å². The van der Waals surface area contributed by atoms with Crippen LogP contribution in [0.2, 0.25) is 0 Å². The Kier molecular flexibility index (Phi) is 4.06. The summed E-state index contributed by atoms with van der Waals surface area (Å²) < 4.78 is 10.5. The van der Waals surface area contributed by atoms with Crippen molar-refractivity contribution < 1.29 is 13.9 Å². The molecule has 0 radical (unpaired) electrons. The van der Waals surface area contributed by atoms with Gasteiger partial charge in [0, 0.05) is 25.8 Å². The summed E-state index contributed by atoms with van der Waals surface area (Å²) in [6.45, 7) is 1.47. The highest BCUT2D eigenvalue weighted by Crippen LogP contribution is 2.24. The Morgan fingerprint density at radius 3 is 3.14 bits per heavy atom. The van der Waals surface area contributed by atoms with Crippen LogP contribution in [0.4, 0.5) is 0 Å². The number of hydrogen-bond acceptors (Lipinski definition) is 4. The Morgan fingerprint density at radius 1 is 1.48 bits per heavy atom. The summed E-state index contributed by atoms with van der Waals surface area (Å²) in [6.07, 6.45) is 7.86. The quantitative estimate of drug-likeness (QED) is 0.941. The molecule has 0 spiro atoms. The standard InChI is InChI=1S/C15H19N3O3/c1-20-12-3-2-6-18(7-4-12)15(19)13-9-16-17-14(13)11-5-8-21-10-11/h5,8-10,12H,2-4,6-7H2,1H3,(H,16,17). The lowest BCUT2D eigenvalue weighted by molar-refractivity contribution is 0.0724. The van der Waals surface area contributed by atoms with E-state index in [0.29, 0.717) is 17.8 Å². The van der Waals surface area contributed by atoms with Gasteiger partial charge in [-0.15, -0.1) is 0 Å². The number of furan rings is 1. The second kappa shape index (κ2) is 6.13. The van der Waals surface area contributed by atoms with E-state index in [1.165, 1.54) is 0 Å². The molecule has 0 aromatic carbocycles. The molecule has 1 unspecified atom stereocenters. The molecule has 0 bridgehead atoms. The van der Waals surface area contributed by atoms with Crippen molar-refractivity contribution in [1.82, 2.24) is 15.1 Å². The van der Waals surface area contributed by atoms with Gasteiger partial charge in [-0.25, -0.2) is 0 Å². The summed E-state index contributed by atoms with van der Waals surface area (Å²) in [7, 11) is 1.73. The van der Waals surface area contributed by atoms with Gasteiger partial charge in [0.15, 0.2) is 0 Å². The van der Waals surface area contributed by atoms with Crippen molar-refractivity contribution in [2.45, 2.75) is 25.4 Å². The lowest BCUT2D eigenvalue weighted by Gasteiger charge is -2.20. The highest BCUT2D eigenvalue weighted by atomic mass is 16.5. The molecule has 2 aromatic heterocycles. The van der Waals surface area contributed by atoms with Crippen LogP contribution in [0.5, 0.6) is 0 Å². The fourth-order valence-electron chi connectivity index (χ4n) is 2.75. The molecule has 1 aliphatic rings. The minimum atomic E-state index is 0.0108. The van der Waals surface area contributed by atoms with E-state index < -0.39 is 0 Å². The van der Waals surface area contributed by atoms with Crippen LogP contribution in [0.1, 0.15) is 29.6 Å². The lowest BCUT2D eigenvalue weighted by Crippen LogP contribution is -2.32. The number of hydrogen-bond donors (Lipinski definition) is 1. The fraction of sp³-hybridized carbons (Fsp3) is 0.467. The first kappa shape index (κ1) is 13.9. The van der Waals surface area contributed by atoms with Crippen LogP contribution in [0.3, 0.4) is 0 Å². The molecule has 3 heterocycles. The SMILES string of the molecule is COC1CCCN(C(=O)c2cn[nH]c2-c2ccoc2)CC1. The molecule has 2 aromatic rings. The maximum atomic E-state index is 12.7. The summed E-state index contributed by atoms with van der Waals surface area (Å²) in [5.41, 5.74) is 2.13. The molecule has 1 aliphatic heterocycles. The highest BCUT2D eigenvalue weighted by molar-refractivity contribution is 5.99. The largest absolute Gasteiger partial charge is 0.472 e. The highest BCUT2D eigenvalue weighted by Gasteiger charge is 2.24. The monoisotopic (exact) mass is 289 g/mol. The molecular weight excluding hydrogens is 270 g/mol. The topological polar surface area (TPSA) is 71.4 Å². The summed E-state index contributed by atoms with van der Waals surface area (Å²) >= 11 is 0. The Hall–Kier alpha value is -2.08. The molecule has 3 rings (SSSR count). The van der Waals surface area contributed by atoms with E-state index in [1.54, 1.807) is 25.8 Å². The normalized spacial score (nSPS) is 19.5. The zero-order valence-corrected chi connectivity index (χ0v) is 12.0. The number of methoxy groups -OCH3 is 1. The van der Waals surface area contributed by atoms with E-state index in [-0.39, 0.29) is 12.0 Å². The predicted molar refractivity (Wildman–Crippen MR) is 76.8 cm³/mol. The van der Waals surface area contributed by atoms with Crippen molar-refractivity contribution in [2.75, 3.05) is 20.2 Å². The number of amides is 1. The predicted octanol–water partition coefficient (Wildman–Crippen LogP) is 2.31. The molecule has 6 nitrogen and oxygen atoms in total. The summed E-state index contributed by atoms with van der Waals surface area (Å²) in [5, 5.41) is 6.89. The van der Waals surface area contributed by atoms with E-state index in [9.17, 15) is 4.79 Å². The van der Waals surface area contributed by atoms with Crippen molar-refractivity contribution in [1.29, 1.82) is 0 Å². The molecule has 1 saturated heterocycles. The van der Waals surface area contributed by atoms with Gasteiger partial charge >= 0.3 is 0 Å². The van der Waals surface area contributed by atoms with E-state index in [2.05, 4.69) is 10.2 Å². The minimum Gasteiger partial charge on any atom is -0.472 e. The number of H-pyrrole nitrogens is 1. The molecule has 6 heteroatoms. The average molecular weight is 289 g/mol. The summed E-state index contributed by atoms with van der Waals surface area (Å²) in [4.78, 5) is 14.6. The Bertz CT molecular complexity index is 591. The van der Waals surface area contributed by atoms with Crippen LogP contribution < -0.4 is 0 Å². The number of carbonyl (C=O) groups excluding carboxylic acids is 1.